The van der Waals surface area contributed by atoms with E-state index in [9.17, 15) is 14.2 Å². The molecule has 0 aliphatic carbocycles. The largest absolute Gasteiger partial charge is 0.452 e. The van der Waals surface area contributed by atoms with Crippen molar-refractivity contribution in [3.63, 3.8) is 0 Å². The predicted molar refractivity (Wildman–Crippen MR) is 164 cm³/mol. The number of carbonyl (C=O) groups is 2. The van der Waals surface area contributed by atoms with Gasteiger partial charge in [0, 0.05) is 52.4 Å². The fourth-order valence-corrected chi connectivity index (χ4v) is 6.37. The molecule has 1 aliphatic rings. The number of hydrogen-bond donors (Lipinski definition) is 6. The first-order valence-electron chi connectivity index (χ1n) is 14.7. The Morgan fingerprint density at radius 3 is 1.83 bits per heavy atom. The molecule has 8 N–H and O–H groups in total. The molecule has 1 fully saturated rings. The molecule has 3 rings (SSSR count). The van der Waals surface area contributed by atoms with Gasteiger partial charge in [0.25, 0.3) is 0 Å². The van der Waals surface area contributed by atoms with Gasteiger partial charge in [-0.3, -0.25) is 9.59 Å². The normalized spacial score (nSPS) is 16.8. The molecule has 42 heavy (non-hydrogen) atoms. The summed E-state index contributed by atoms with van der Waals surface area (Å²) in [7, 11) is -4.02. The van der Waals surface area contributed by atoms with Crippen LogP contribution in [0.2, 0.25) is 0 Å². The molecule has 2 amide bonds. The lowest BCUT2D eigenvalue weighted by molar-refractivity contribution is -0.135. The molecule has 2 atom stereocenters. The molecule has 1 aliphatic heterocycles. The number of nitrogens with two attached hydrogens (primary N) is 2. The van der Waals surface area contributed by atoms with Crippen LogP contribution in [0.5, 0.6) is 11.5 Å². The molecule has 0 spiro atoms. The molecule has 232 valence electrons. The molecule has 1 unspecified atom stereocenters. The summed E-state index contributed by atoms with van der Waals surface area (Å²) in [5.74, 6) is -1.14. The number of unbranched alkanes of at least 4 members (excludes halogenated alkanes) is 1. The highest BCUT2D eigenvalue weighted by molar-refractivity contribution is 7.55. The summed E-state index contributed by atoms with van der Waals surface area (Å²) in [5.41, 5.74) is 12.0. The Bertz CT molecular complexity index is 1050. The molecule has 1 saturated heterocycles. The monoisotopic (exact) mass is 603 g/mol. The van der Waals surface area contributed by atoms with Crippen LogP contribution >= 0.6 is 7.60 Å². The van der Waals surface area contributed by atoms with Crippen molar-refractivity contribution in [3.8, 4) is 11.5 Å². The molecular formula is C29H46N7O5P. The Labute approximate surface area is 248 Å². The van der Waals surface area contributed by atoms with E-state index in [1.54, 1.807) is 53.4 Å². The first-order valence-corrected chi connectivity index (χ1v) is 16.3. The van der Waals surface area contributed by atoms with Gasteiger partial charge >= 0.3 is 7.60 Å². The van der Waals surface area contributed by atoms with Gasteiger partial charge in [0.05, 0.1) is 12.5 Å². The van der Waals surface area contributed by atoms with E-state index in [4.69, 9.17) is 20.5 Å². The lowest BCUT2D eigenvalue weighted by atomic mass is 10.1. The van der Waals surface area contributed by atoms with E-state index < -0.39 is 25.3 Å². The van der Waals surface area contributed by atoms with Crippen LogP contribution in [-0.4, -0.2) is 87.4 Å². The summed E-state index contributed by atoms with van der Waals surface area (Å²) >= 11 is 0. The summed E-state index contributed by atoms with van der Waals surface area (Å²) in [6.07, 6.45) is 1.26. The van der Waals surface area contributed by atoms with Crippen LogP contribution in [0.1, 0.15) is 25.7 Å². The van der Waals surface area contributed by atoms with E-state index in [-0.39, 0.29) is 12.3 Å². The quantitative estimate of drug-likeness (QED) is 0.144. The molecule has 2 aromatic rings. The van der Waals surface area contributed by atoms with Crippen molar-refractivity contribution in [2.45, 2.75) is 37.5 Å². The van der Waals surface area contributed by atoms with Crippen LogP contribution in [0.3, 0.4) is 0 Å². The van der Waals surface area contributed by atoms with Gasteiger partial charge in [0.2, 0.25) is 11.8 Å². The minimum Gasteiger partial charge on any atom is -0.415 e. The maximum atomic E-state index is 14.4. The predicted octanol–water partition coefficient (Wildman–Crippen LogP) is 1.24. The highest BCUT2D eigenvalue weighted by Crippen LogP contribution is 2.53. The van der Waals surface area contributed by atoms with E-state index in [0.717, 1.165) is 26.2 Å². The number of rotatable bonds is 13. The van der Waals surface area contributed by atoms with Crippen molar-refractivity contribution in [1.29, 1.82) is 0 Å². The summed E-state index contributed by atoms with van der Waals surface area (Å²) in [6.45, 7) is 5.89. The smallest absolute Gasteiger partial charge is 0.415 e. The topological polar surface area (TPSA) is 173 Å². The Morgan fingerprint density at radius 2 is 1.33 bits per heavy atom. The molecular weight excluding hydrogens is 557 g/mol. The molecule has 0 bridgehead atoms. The van der Waals surface area contributed by atoms with Crippen molar-refractivity contribution in [2.24, 2.45) is 11.5 Å². The molecule has 12 nitrogen and oxygen atoms in total. The number of para-hydroxylation sites is 2. The van der Waals surface area contributed by atoms with Crippen LogP contribution in [-0.2, 0) is 14.2 Å². The second-order valence-electron chi connectivity index (χ2n) is 10.1. The highest BCUT2D eigenvalue weighted by atomic mass is 31.2. The van der Waals surface area contributed by atoms with E-state index in [1.165, 1.54) is 0 Å². The first kappa shape index (κ1) is 33.5. The summed E-state index contributed by atoms with van der Waals surface area (Å²) in [4.78, 5) is 28.2. The second-order valence-corrected chi connectivity index (χ2v) is 12.2. The standard InChI is InChI=1S/C29H46N7O5P/c30-14-8-7-13-28(42(39,40-24-9-3-1-4-10-24)41-25-11-5-2-6-12-25)35-27(37)23-26(31)29(38)36-21-19-33-17-15-32-16-18-34-20-22-36/h1-6,9-12,26,28,32-34H,7-8,13-23,30-31H2,(H,35,37)/t26-,28?/m0/s1. The van der Waals surface area contributed by atoms with Crippen LogP contribution in [0.15, 0.2) is 60.7 Å². The average molecular weight is 604 g/mol. The lowest BCUT2D eigenvalue weighted by Gasteiger charge is -2.29. The zero-order valence-electron chi connectivity index (χ0n) is 24.2. The van der Waals surface area contributed by atoms with Crippen molar-refractivity contribution < 1.29 is 23.2 Å². The van der Waals surface area contributed by atoms with E-state index >= 15 is 0 Å². The fourth-order valence-electron chi connectivity index (χ4n) is 4.45. The van der Waals surface area contributed by atoms with E-state index in [2.05, 4.69) is 21.3 Å². The first-order chi connectivity index (χ1) is 20.4. The molecule has 0 aromatic heterocycles. The molecule has 13 heteroatoms. The number of hydrogen-bond acceptors (Lipinski definition) is 10. The summed E-state index contributed by atoms with van der Waals surface area (Å²) < 4.78 is 26.4. The van der Waals surface area contributed by atoms with Gasteiger partial charge < -0.3 is 46.7 Å². The van der Waals surface area contributed by atoms with Crippen molar-refractivity contribution in [3.05, 3.63) is 60.7 Å². The van der Waals surface area contributed by atoms with Crippen LogP contribution in [0.25, 0.3) is 0 Å². The summed E-state index contributed by atoms with van der Waals surface area (Å²) in [6, 6.07) is 16.3. The number of benzene rings is 2. The zero-order valence-corrected chi connectivity index (χ0v) is 25.1. The number of nitrogens with one attached hydrogen (secondary N) is 4. The second kappa shape index (κ2) is 18.5. The lowest BCUT2D eigenvalue weighted by Crippen LogP contribution is -2.51. The van der Waals surface area contributed by atoms with E-state index in [0.29, 0.717) is 63.5 Å². The third kappa shape index (κ3) is 11.7. The third-order valence-electron chi connectivity index (χ3n) is 6.70. The number of amides is 2. The highest BCUT2D eigenvalue weighted by Gasteiger charge is 2.40. The Morgan fingerprint density at radius 1 is 0.833 bits per heavy atom. The van der Waals surface area contributed by atoms with Crippen molar-refractivity contribution >= 4 is 19.4 Å². The van der Waals surface area contributed by atoms with Gasteiger partial charge in [-0.1, -0.05) is 36.4 Å². The van der Waals surface area contributed by atoms with E-state index in [1.807, 2.05) is 12.1 Å². The van der Waals surface area contributed by atoms with Crippen LogP contribution in [0, 0.1) is 0 Å². The van der Waals surface area contributed by atoms with Crippen molar-refractivity contribution in [1.82, 2.24) is 26.2 Å². The average Bonchev–Trinajstić information content (AvgIpc) is 2.97. The van der Waals surface area contributed by atoms with Crippen LogP contribution in [0.4, 0.5) is 0 Å². The van der Waals surface area contributed by atoms with Gasteiger partial charge in [-0.2, -0.15) is 0 Å². The maximum Gasteiger partial charge on any atom is 0.452 e. The minimum absolute atomic E-state index is 0.274. The van der Waals surface area contributed by atoms with Gasteiger partial charge in [-0.25, -0.2) is 4.57 Å². The molecule has 0 radical (unpaired) electrons. The van der Waals surface area contributed by atoms with Gasteiger partial charge in [0.1, 0.15) is 11.5 Å². The van der Waals surface area contributed by atoms with Gasteiger partial charge in [0.15, 0.2) is 5.78 Å². The molecule has 2 aromatic carbocycles. The number of carbonyl (C=O) groups excluding carboxylic acids is 2. The number of nitrogens with zero attached hydrogens (tertiary/aromatic N) is 1. The maximum absolute atomic E-state index is 14.4. The third-order valence-corrected chi connectivity index (χ3v) is 8.78. The zero-order chi connectivity index (χ0) is 30.0. The van der Waals surface area contributed by atoms with Gasteiger partial charge in [-0.05, 0) is 50.1 Å². The minimum atomic E-state index is -4.02. The molecule has 0 saturated carbocycles. The Balaban J connectivity index is 1.72. The molecule has 1 heterocycles. The van der Waals surface area contributed by atoms with Crippen LogP contribution < -0.4 is 41.8 Å². The Hall–Kier alpha value is -2.99. The summed E-state index contributed by atoms with van der Waals surface area (Å²) in [5, 5.41) is 12.8. The fraction of sp³-hybridized carbons (Fsp3) is 0.517. The van der Waals surface area contributed by atoms with Gasteiger partial charge in [-0.15, -0.1) is 0 Å². The Kier molecular flexibility index (Phi) is 14.8. The SMILES string of the molecule is NCCCCC(NC(=O)C[C@H](N)C(=O)N1CCNCCNCCNCC1)P(=O)(Oc1ccccc1)Oc1ccccc1. The van der Waals surface area contributed by atoms with Crippen molar-refractivity contribution in [2.75, 3.05) is 58.9 Å².